The van der Waals surface area contributed by atoms with Crippen LogP contribution in [0.3, 0.4) is 0 Å². The molecule has 0 saturated heterocycles. The van der Waals surface area contributed by atoms with Gasteiger partial charge in [0.2, 0.25) is 0 Å². The van der Waals surface area contributed by atoms with Crippen molar-refractivity contribution in [3.05, 3.63) is 34.1 Å². The van der Waals surface area contributed by atoms with Crippen LogP contribution in [0, 0.1) is 5.82 Å². The highest BCUT2D eigenvalue weighted by molar-refractivity contribution is 9.10. The molecule has 6 heteroatoms. The third-order valence-corrected chi connectivity index (χ3v) is 3.40. The molecule has 1 aromatic rings. The van der Waals surface area contributed by atoms with Gasteiger partial charge in [0.25, 0.3) is 0 Å². The maximum absolute atomic E-state index is 13.0. The normalized spacial score (nSPS) is 12.2. The zero-order chi connectivity index (χ0) is 12.8. The monoisotopic (exact) mass is 367 g/mol. The highest BCUT2D eigenvalue weighted by atomic mass is 79.9. The lowest BCUT2D eigenvalue weighted by Crippen LogP contribution is -2.29. The Morgan fingerprint density at radius 1 is 1.59 bits per heavy atom. The van der Waals surface area contributed by atoms with Crippen molar-refractivity contribution in [2.75, 3.05) is 13.7 Å². The number of nitrogens with one attached hydrogen (secondary N) is 1. The largest absolute Gasteiger partial charge is 0.468 e. The number of esters is 1. The van der Waals surface area contributed by atoms with Crippen LogP contribution >= 0.6 is 31.9 Å². The molecule has 0 aromatic heterocycles. The van der Waals surface area contributed by atoms with E-state index in [4.69, 9.17) is 0 Å². The molecular weight excluding hydrogens is 357 g/mol. The van der Waals surface area contributed by atoms with Gasteiger partial charge in [0.15, 0.2) is 0 Å². The summed E-state index contributed by atoms with van der Waals surface area (Å²) in [6.45, 7) is 1.000. The Morgan fingerprint density at radius 3 is 2.88 bits per heavy atom. The van der Waals surface area contributed by atoms with Crippen molar-refractivity contribution < 1.29 is 13.9 Å². The Bertz CT molecular complexity index is 401. The van der Waals surface area contributed by atoms with Crippen molar-refractivity contribution in [2.45, 2.75) is 11.4 Å². The molecule has 0 saturated carbocycles. The Morgan fingerprint density at radius 2 is 2.29 bits per heavy atom. The summed E-state index contributed by atoms with van der Waals surface area (Å²) in [4.78, 5) is 10.7. The number of methoxy groups -OCH3 is 1. The van der Waals surface area contributed by atoms with E-state index in [1.807, 2.05) is 0 Å². The summed E-state index contributed by atoms with van der Waals surface area (Å²) in [6.07, 6.45) is 0. The average Bonchev–Trinajstić information content (AvgIpc) is 2.32. The minimum Gasteiger partial charge on any atom is -0.468 e. The molecule has 1 unspecified atom stereocenters. The Balaban J connectivity index is 2.40. The maximum atomic E-state index is 13.0. The lowest BCUT2D eigenvalue weighted by Gasteiger charge is -2.09. The van der Waals surface area contributed by atoms with Crippen LogP contribution in [0.4, 0.5) is 4.39 Å². The fourth-order valence-electron chi connectivity index (χ4n) is 1.20. The van der Waals surface area contributed by atoms with Crippen LogP contribution < -0.4 is 5.32 Å². The van der Waals surface area contributed by atoms with E-state index in [9.17, 15) is 9.18 Å². The standard InChI is InChI=1S/C11H12Br2FNO2/c1-17-11(16)9(13)6-15-5-7-2-3-10(14)8(12)4-7/h2-4,9,15H,5-6H2,1H3. The molecule has 1 atom stereocenters. The molecule has 0 radical (unpaired) electrons. The minimum atomic E-state index is -0.378. The minimum absolute atomic E-state index is 0.290. The second-order valence-corrected chi connectivity index (χ2v) is 5.33. The Kier molecular flexibility index (Phi) is 6.08. The number of ether oxygens (including phenoxy) is 1. The molecule has 0 heterocycles. The fourth-order valence-corrected chi connectivity index (χ4v) is 2.05. The lowest BCUT2D eigenvalue weighted by molar-refractivity contribution is -0.139. The highest BCUT2D eigenvalue weighted by Crippen LogP contribution is 2.16. The molecular formula is C11H12Br2FNO2. The van der Waals surface area contributed by atoms with E-state index < -0.39 is 0 Å². The first kappa shape index (κ1) is 14.6. The lowest BCUT2D eigenvalue weighted by atomic mass is 10.2. The second-order valence-electron chi connectivity index (χ2n) is 3.37. The summed E-state index contributed by atoms with van der Waals surface area (Å²) in [5.74, 6) is -0.612. The summed E-state index contributed by atoms with van der Waals surface area (Å²) in [5.41, 5.74) is 0.933. The number of hydrogen-bond acceptors (Lipinski definition) is 3. The molecule has 0 aliphatic carbocycles. The molecule has 0 amide bonds. The SMILES string of the molecule is COC(=O)C(Br)CNCc1ccc(F)c(Br)c1. The molecule has 3 nitrogen and oxygen atoms in total. The zero-order valence-electron chi connectivity index (χ0n) is 9.17. The van der Waals surface area contributed by atoms with Crippen molar-refractivity contribution in [3.63, 3.8) is 0 Å². The quantitative estimate of drug-likeness (QED) is 0.641. The number of carbonyl (C=O) groups is 1. The van der Waals surface area contributed by atoms with Crippen molar-refractivity contribution in [2.24, 2.45) is 0 Å². The number of rotatable bonds is 5. The van der Waals surface area contributed by atoms with Gasteiger partial charge < -0.3 is 10.1 Å². The zero-order valence-corrected chi connectivity index (χ0v) is 12.3. The topological polar surface area (TPSA) is 38.3 Å². The number of benzene rings is 1. The predicted molar refractivity (Wildman–Crippen MR) is 70.5 cm³/mol. The fraction of sp³-hybridized carbons (Fsp3) is 0.364. The van der Waals surface area contributed by atoms with Crippen LogP contribution in [0.1, 0.15) is 5.56 Å². The summed E-state index contributed by atoms with van der Waals surface area (Å²) in [7, 11) is 1.34. The molecule has 94 valence electrons. The highest BCUT2D eigenvalue weighted by Gasteiger charge is 2.14. The van der Waals surface area contributed by atoms with E-state index >= 15 is 0 Å². The van der Waals surface area contributed by atoms with Crippen LogP contribution in [0.25, 0.3) is 0 Å². The smallest absolute Gasteiger partial charge is 0.320 e. The van der Waals surface area contributed by atoms with Crippen LogP contribution in [0.5, 0.6) is 0 Å². The van der Waals surface area contributed by atoms with E-state index in [-0.39, 0.29) is 16.6 Å². The van der Waals surface area contributed by atoms with Crippen LogP contribution in [-0.4, -0.2) is 24.5 Å². The van der Waals surface area contributed by atoms with Crippen LogP contribution in [0.15, 0.2) is 22.7 Å². The van der Waals surface area contributed by atoms with Gasteiger partial charge in [-0.3, -0.25) is 4.79 Å². The van der Waals surface area contributed by atoms with Gasteiger partial charge in [-0.15, -0.1) is 0 Å². The Labute approximate surface area is 116 Å². The average molecular weight is 369 g/mol. The first-order valence-electron chi connectivity index (χ1n) is 4.91. The predicted octanol–water partition coefficient (Wildman–Crippen LogP) is 2.61. The summed E-state index contributed by atoms with van der Waals surface area (Å²) >= 11 is 6.31. The third kappa shape index (κ3) is 4.73. The van der Waals surface area contributed by atoms with Gasteiger partial charge in [-0.1, -0.05) is 22.0 Å². The van der Waals surface area contributed by atoms with Gasteiger partial charge in [-0.2, -0.15) is 0 Å². The first-order valence-corrected chi connectivity index (χ1v) is 6.62. The molecule has 0 aliphatic rings. The van der Waals surface area contributed by atoms with Crippen molar-refractivity contribution in [1.29, 1.82) is 0 Å². The van der Waals surface area contributed by atoms with Crippen molar-refractivity contribution in [3.8, 4) is 0 Å². The summed E-state index contributed by atoms with van der Waals surface area (Å²) < 4.78 is 18.0. The number of alkyl halides is 1. The maximum Gasteiger partial charge on any atom is 0.320 e. The molecule has 1 aromatic carbocycles. The molecule has 0 bridgehead atoms. The third-order valence-electron chi connectivity index (χ3n) is 2.09. The molecule has 0 aliphatic heterocycles. The van der Waals surface area contributed by atoms with E-state index in [0.717, 1.165) is 5.56 Å². The van der Waals surface area contributed by atoms with E-state index in [0.29, 0.717) is 17.6 Å². The molecule has 0 fully saturated rings. The van der Waals surface area contributed by atoms with Gasteiger partial charge in [0.1, 0.15) is 10.6 Å². The van der Waals surface area contributed by atoms with E-state index in [2.05, 4.69) is 41.9 Å². The van der Waals surface area contributed by atoms with E-state index in [1.165, 1.54) is 13.2 Å². The first-order chi connectivity index (χ1) is 8.04. The number of hydrogen-bond donors (Lipinski definition) is 1. The number of halogens is 3. The van der Waals surface area contributed by atoms with Gasteiger partial charge in [-0.25, -0.2) is 4.39 Å². The van der Waals surface area contributed by atoms with Crippen LogP contribution in [-0.2, 0) is 16.1 Å². The van der Waals surface area contributed by atoms with Gasteiger partial charge in [0, 0.05) is 13.1 Å². The van der Waals surface area contributed by atoms with Crippen molar-refractivity contribution >= 4 is 37.8 Å². The van der Waals surface area contributed by atoms with Gasteiger partial charge in [0.05, 0.1) is 11.6 Å². The summed E-state index contributed by atoms with van der Waals surface area (Å²) in [6, 6.07) is 4.78. The summed E-state index contributed by atoms with van der Waals surface area (Å²) in [5, 5.41) is 3.07. The van der Waals surface area contributed by atoms with Gasteiger partial charge in [-0.05, 0) is 33.6 Å². The van der Waals surface area contributed by atoms with E-state index in [1.54, 1.807) is 12.1 Å². The van der Waals surface area contributed by atoms with Gasteiger partial charge >= 0.3 is 5.97 Å². The molecule has 1 N–H and O–H groups in total. The molecule has 0 spiro atoms. The molecule has 1 rings (SSSR count). The van der Waals surface area contributed by atoms with Crippen LogP contribution in [0.2, 0.25) is 0 Å². The molecule has 17 heavy (non-hydrogen) atoms. The Hall–Kier alpha value is -0.460. The van der Waals surface area contributed by atoms with Crippen molar-refractivity contribution in [1.82, 2.24) is 5.32 Å². The second kappa shape index (κ2) is 7.08. The number of carbonyl (C=O) groups excluding carboxylic acids is 1.